The number of hydrogen-bond acceptors (Lipinski definition) is 2. The van der Waals surface area contributed by atoms with E-state index in [-0.39, 0.29) is 6.04 Å². The van der Waals surface area contributed by atoms with Gasteiger partial charge in [0.15, 0.2) is 0 Å². The zero-order chi connectivity index (χ0) is 32.9. The lowest BCUT2D eigenvalue weighted by Gasteiger charge is -2.25. The molecular weight excluding hydrogens is 597 g/mol. The molecule has 1 N–H and O–H groups in total. The second kappa shape index (κ2) is 11.7. The summed E-state index contributed by atoms with van der Waals surface area (Å²) in [5.74, 6) is 0.840. The Kier molecular flexibility index (Phi) is 6.87. The fourth-order valence-corrected chi connectivity index (χ4v) is 7.40. The lowest BCUT2D eigenvalue weighted by molar-refractivity contribution is 0.779. The van der Waals surface area contributed by atoms with Gasteiger partial charge in [0.05, 0.1) is 33.8 Å². The number of allylic oxidation sites excluding steroid dienone is 2. The van der Waals surface area contributed by atoms with E-state index in [0.29, 0.717) is 0 Å². The van der Waals surface area contributed by atoms with Gasteiger partial charge in [0.25, 0.3) is 0 Å². The van der Waals surface area contributed by atoms with Crippen molar-refractivity contribution in [2.45, 2.75) is 13.0 Å². The van der Waals surface area contributed by atoms with Crippen molar-refractivity contribution in [2.24, 2.45) is 4.99 Å². The van der Waals surface area contributed by atoms with Crippen molar-refractivity contribution in [3.63, 3.8) is 0 Å². The van der Waals surface area contributed by atoms with E-state index in [1.165, 1.54) is 49.2 Å². The molecule has 234 valence electrons. The van der Waals surface area contributed by atoms with Gasteiger partial charge in [-0.15, -0.1) is 0 Å². The van der Waals surface area contributed by atoms with Crippen molar-refractivity contribution in [1.82, 2.24) is 14.5 Å². The first-order valence-corrected chi connectivity index (χ1v) is 16.7. The first kappa shape index (κ1) is 28.8. The molecule has 0 amide bonds. The quantitative estimate of drug-likeness (QED) is 0.182. The van der Waals surface area contributed by atoms with Crippen molar-refractivity contribution < 1.29 is 0 Å². The van der Waals surface area contributed by atoms with Gasteiger partial charge >= 0.3 is 0 Å². The van der Waals surface area contributed by atoms with E-state index in [2.05, 4.69) is 180 Å². The van der Waals surface area contributed by atoms with Gasteiger partial charge in [-0.05, 0) is 66.6 Å². The minimum absolute atomic E-state index is 0.0505. The molecule has 1 atom stereocenters. The van der Waals surface area contributed by atoms with Crippen LogP contribution >= 0.6 is 0 Å². The number of fused-ring (bicyclic) bond motifs is 6. The van der Waals surface area contributed by atoms with Crippen LogP contribution in [0.4, 0.5) is 0 Å². The number of rotatable bonds is 6. The van der Waals surface area contributed by atoms with Gasteiger partial charge in [-0.25, -0.2) is 4.99 Å². The summed E-state index contributed by atoms with van der Waals surface area (Å²) < 4.78 is 4.80. The molecule has 0 fully saturated rings. The van der Waals surface area contributed by atoms with Gasteiger partial charge < -0.3 is 14.5 Å². The Balaban J connectivity index is 1.36. The van der Waals surface area contributed by atoms with Gasteiger partial charge in [-0.3, -0.25) is 0 Å². The third-order valence-corrected chi connectivity index (χ3v) is 9.62. The monoisotopic (exact) mass is 630 g/mol. The Morgan fingerprint density at radius 2 is 1.06 bits per heavy atom. The summed E-state index contributed by atoms with van der Waals surface area (Å²) >= 11 is 0. The van der Waals surface area contributed by atoms with Gasteiger partial charge in [0, 0.05) is 38.5 Å². The molecule has 0 spiro atoms. The minimum Gasteiger partial charge on any atom is -0.359 e. The van der Waals surface area contributed by atoms with Crippen LogP contribution in [0.5, 0.6) is 0 Å². The van der Waals surface area contributed by atoms with E-state index in [1.807, 2.05) is 12.2 Å². The zero-order valence-electron chi connectivity index (χ0n) is 27.2. The first-order valence-electron chi connectivity index (χ1n) is 16.7. The highest BCUT2D eigenvalue weighted by Crippen LogP contribution is 2.38. The molecule has 0 saturated carbocycles. The van der Waals surface area contributed by atoms with Crippen LogP contribution in [0.15, 0.2) is 181 Å². The molecule has 0 saturated heterocycles. The fraction of sp³-hybridized carbons (Fsp3) is 0.0444. The van der Waals surface area contributed by atoms with E-state index >= 15 is 0 Å². The van der Waals surface area contributed by atoms with E-state index in [9.17, 15) is 0 Å². The molecule has 49 heavy (non-hydrogen) atoms. The van der Waals surface area contributed by atoms with Gasteiger partial charge in [-0.1, -0.05) is 122 Å². The molecule has 1 aliphatic rings. The number of amidine groups is 1. The number of nitrogens with one attached hydrogen (secondary N) is 1. The maximum absolute atomic E-state index is 5.27. The Bertz CT molecular complexity index is 2430. The van der Waals surface area contributed by atoms with Crippen LogP contribution in [-0.4, -0.2) is 15.0 Å². The van der Waals surface area contributed by atoms with Gasteiger partial charge in [0.2, 0.25) is 0 Å². The standard InChI is InChI=1S/C45H34N4/c1-3-15-30(2)45-46-39(31-16-5-4-6-17-31)29-40(47-45)32-26-33(48-41-22-11-7-18-35(41)36-19-8-12-23-42(36)48)28-34(27-32)49-43-24-13-9-20-37(43)38-21-10-14-25-44(38)49/h3-29,39H,1H2,2H3,(H,46,47)/b30-15+. The van der Waals surface area contributed by atoms with Crippen molar-refractivity contribution >= 4 is 55.1 Å². The van der Waals surface area contributed by atoms with Gasteiger partial charge in [-0.2, -0.15) is 0 Å². The van der Waals surface area contributed by atoms with E-state index in [4.69, 9.17) is 4.99 Å². The van der Waals surface area contributed by atoms with E-state index in [0.717, 1.165) is 34.0 Å². The predicted octanol–water partition coefficient (Wildman–Crippen LogP) is 11.1. The molecule has 2 aromatic heterocycles. The molecule has 4 heteroatoms. The van der Waals surface area contributed by atoms with Crippen molar-refractivity contribution in [3.05, 3.63) is 187 Å². The van der Waals surface area contributed by atoms with Crippen LogP contribution < -0.4 is 5.32 Å². The Morgan fingerprint density at radius 3 is 1.53 bits per heavy atom. The summed E-state index contributed by atoms with van der Waals surface area (Å²) in [6.45, 7) is 6.03. The highest BCUT2D eigenvalue weighted by atomic mass is 15.1. The van der Waals surface area contributed by atoms with Crippen LogP contribution in [0, 0.1) is 0 Å². The first-order chi connectivity index (χ1) is 24.2. The average molecular weight is 631 g/mol. The summed E-state index contributed by atoms with van der Waals surface area (Å²) in [7, 11) is 0. The third-order valence-electron chi connectivity index (χ3n) is 9.62. The summed E-state index contributed by atoms with van der Waals surface area (Å²) in [6.07, 6.45) is 6.08. The SMILES string of the molecule is C=C/C=C(\C)C1=NC(c2cc(-n3c4ccccc4c4ccccc43)cc(-n3c4ccccc4c4ccccc43)c2)=CC(c2ccccc2)N1. The average Bonchev–Trinajstić information content (AvgIpc) is 3.68. The summed E-state index contributed by atoms with van der Waals surface area (Å²) in [4.78, 5) is 5.27. The van der Waals surface area contributed by atoms with Crippen molar-refractivity contribution in [2.75, 3.05) is 0 Å². The van der Waals surface area contributed by atoms with Crippen LogP contribution in [0.1, 0.15) is 24.1 Å². The molecule has 9 rings (SSSR count). The molecule has 6 aromatic carbocycles. The van der Waals surface area contributed by atoms with Crippen molar-refractivity contribution in [1.29, 1.82) is 0 Å². The van der Waals surface area contributed by atoms with Crippen LogP contribution in [0.2, 0.25) is 0 Å². The Hall–Kier alpha value is -6.39. The normalized spacial score (nSPS) is 15.0. The zero-order valence-corrected chi connectivity index (χ0v) is 27.2. The van der Waals surface area contributed by atoms with Crippen LogP contribution in [-0.2, 0) is 0 Å². The molecule has 4 nitrogen and oxygen atoms in total. The number of benzene rings is 6. The van der Waals surface area contributed by atoms with Crippen LogP contribution in [0.25, 0.3) is 60.7 Å². The molecular formula is C45H34N4. The molecule has 0 bridgehead atoms. The topological polar surface area (TPSA) is 34.2 Å². The van der Waals surface area contributed by atoms with Gasteiger partial charge in [0.1, 0.15) is 5.84 Å². The number of nitrogens with zero attached hydrogens (tertiary/aromatic N) is 3. The predicted molar refractivity (Wildman–Crippen MR) is 207 cm³/mol. The molecule has 0 aliphatic carbocycles. The molecule has 1 aliphatic heterocycles. The van der Waals surface area contributed by atoms with Crippen LogP contribution in [0.3, 0.4) is 0 Å². The highest BCUT2D eigenvalue weighted by molar-refractivity contribution is 6.11. The smallest absolute Gasteiger partial charge is 0.130 e. The maximum Gasteiger partial charge on any atom is 0.130 e. The highest BCUT2D eigenvalue weighted by Gasteiger charge is 2.22. The lowest BCUT2D eigenvalue weighted by Crippen LogP contribution is -2.31. The molecule has 8 aromatic rings. The minimum atomic E-state index is -0.0505. The number of aromatic nitrogens is 2. The van der Waals surface area contributed by atoms with E-state index < -0.39 is 0 Å². The second-order valence-electron chi connectivity index (χ2n) is 12.6. The summed E-state index contributed by atoms with van der Waals surface area (Å²) in [6, 6.07) is 52.2. The third kappa shape index (κ3) is 4.80. The Morgan fingerprint density at radius 1 is 0.612 bits per heavy atom. The second-order valence-corrected chi connectivity index (χ2v) is 12.6. The largest absolute Gasteiger partial charge is 0.359 e. The molecule has 1 unspecified atom stereocenters. The fourth-order valence-electron chi connectivity index (χ4n) is 7.40. The van der Waals surface area contributed by atoms with Crippen molar-refractivity contribution in [3.8, 4) is 11.4 Å². The van der Waals surface area contributed by atoms with E-state index in [1.54, 1.807) is 0 Å². The number of hydrogen-bond donors (Lipinski definition) is 1. The molecule has 0 radical (unpaired) electrons. The number of aliphatic imine (C=N–C) groups is 1. The summed E-state index contributed by atoms with van der Waals surface area (Å²) in [5.41, 5.74) is 11.0. The maximum atomic E-state index is 5.27. The Labute approximate surface area is 285 Å². The summed E-state index contributed by atoms with van der Waals surface area (Å²) in [5, 5.41) is 8.62. The number of para-hydroxylation sites is 4. The lowest BCUT2D eigenvalue weighted by atomic mass is 10.00. The molecule has 3 heterocycles.